The summed E-state index contributed by atoms with van der Waals surface area (Å²) in [6.07, 6.45) is 12.2. The number of fused-ring (bicyclic) bond motifs is 5. The van der Waals surface area contributed by atoms with Crippen molar-refractivity contribution in [1.29, 1.82) is 0 Å². The fourth-order valence-corrected chi connectivity index (χ4v) is 4.76. The van der Waals surface area contributed by atoms with Gasteiger partial charge in [-0.1, -0.05) is 31.9 Å². The van der Waals surface area contributed by atoms with Crippen LogP contribution in [0.25, 0.3) is 0 Å². The molecule has 0 aromatic heterocycles. The molecule has 5 atom stereocenters. The molecule has 96 valence electrons. The molecule has 1 heterocycles. The molecule has 0 aromatic rings. The van der Waals surface area contributed by atoms with E-state index in [4.69, 9.17) is 0 Å². The fraction of sp³-hybridized carbons (Fsp3) is 0.875. The van der Waals surface area contributed by atoms with Crippen LogP contribution in [0.3, 0.4) is 0 Å². The zero-order chi connectivity index (χ0) is 11.9. The molecule has 2 bridgehead atoms. The van der Waals surface area contributed by atoms with Crippen LogP contribution in [0.2, 0.25) is 0 Å². The van der Waals surface area contributed by atoms with Gasteiger partial charge in [0.05, 0.1) is 26.7 Å². The van der Waals surface area contributed by atoms with Crippen LogP contribution in [0, 0.1) is 23.7 Å². The summed E-state index contributed by atoms with van der Waals surface area (Å²) in [7, 11) is 2.52. The maximum atomic E-state index is 2.53. The molecule has 1 saturated heterocycles. The van der Waals surface area contributed by atoms with E-state index in [1.54, 1.807) is 0 Å². The van der Waals surface area contributed by atoms with Gasteiger partial charge in [0.25, 0.3) is 0 Å². The SMILES string of the molecule is CCCCCC[N+]1(C)C[C@@H]2[C@@H](C1)[C@H]1C=C[C@@H]2C1. The van der Waals surface area contributed by atoms with E-state index >= 15 is 0 Å². The Labute approximate surface area is 106 Å². The lowest BCUT2D eigenvalue weighted by Gasteiger charge is -2.31. The summed E-state index contributed by atoms with van der Waals surface area (Å²) in [5, 5.41) is 0. The molecule has 3 rings (SSSR count). The number of hydrogen-bond acceptors (Lipinski definition) is 0. The minimum atomic E-state index is 0.959. The summed E-state index contributed by atoms with van der Waals surface area (Å²) >= 11 is 0. The highest BCUT2D eigenvalue weighted by Gasteiger charge is 2.54. The summed E-state index contributed by atoms with van der Waals surface area (Å²) in [4.78, 5) is 0. The van der Waals surface area contributed by atoms with Crippen LogP contribution < -0.4 is 0 Å². The van der Waals surface area contributed by atoms with Crippen LogP contribution in [0.1, 0.15) is 39.0 Å². The molecule has 1 heteroatoms. The van der Waals surface area contributed by atoms with Gasteiger partial charge in [0.1, 0.15) is 0 Å². The smallest absolute Gasteiger partial charge is 0.0824 e. The standard InChI is InChI=1S/C16H28N/c1-3-4-5-6-9-17(2)11-15-13-7-8-14(10-13)16(15)12-17/h7-8,13-16H,3-6,9-12H2,1-2H3/q+1/t13-,14+,15-,16-,17?/m0/s1. The van der Waals surface area contributed by atoms with E-state index in [0.29, 0.717) is 0 Å². The first kappa shape index (κ1) is 11.8. The van der Waals surface area contributed by atoms with E-state index in [9.17, 15) is 0 Å². The van der Waals surface area contributed by atoms with Gasteiger partial charge in [-0.2, -0.15) is 0 Å². The van der Waals surface area contributed by atoms with Gasteiger partial charge in [0.15, 0.2) is 0 Å². The van der Waals surface area contributed by atoms with Crippen LogP contribution in [0.4, 0.5) is 0 Å². The van der Waals surface area contributed by atoms with Crippen LogP contribution in [-0.2, 0) is 0 Å². The van der Waals surface area contributed by atoms with Crippen molar-refractivity contribution in [2.45, 2.75) is 39.0 Å². The quantitative estimate of drug-likeness (QED) is 0.388. The van der Waals surface area contributed by atoms with Crippen molar-refractivity contribution in [2.24, 2.45) is 23.7 Å². The van der Waals surface area contributed by atoms with Gasteiger partial charge in [-0.05, 0) is 31.1 Å². The van der Waals surface area contributed by atoms with E-state index < -0.39 is 0 Å². The first-order valence-electron chi connectivity index (χ1n) is 7.74. The molecule has 3 aliphatic rings. The molecule has 0 radical (unpaired) electrons. The largest absolute Gasteiger partial charge is 0.326 e. The van der Waals surface area contributed by atoms with Crippen LogP contribution >= 0.6 is 0 Å². The fourth-order valence-electron chi connectivity index (χ4n) is 4.76. The van der Waals surface area contributed by atoms with Crippen molar-refractivity contribution in [1.82, 2.24) is 0 Å². The number of rotatable bonds is 5. The molecule has 0 amide bonds. The molecular weight excluding hydrogens is 206 g/mol. The highest BCUT2D eigenvalue weighted by Crippen LogP contribution is 2.52. The van der Waals surface area contributed by atoms with Gasteiger partial charge >= 0.3 is 0 Å². The molecule has 0 N–H and O–H groups in total. The number of quaternary nitrogens is 1. The maximum absolute atomic E-state index is 2.53. The van der Waals surface area contributed by atoms with Crippen LogP contribution in [0.15, 0.2) is 12.2 Å². The lowest BCUT2D eigenvalue weighted by molar-refractivity contribution is -0.901. The number of hydrogen-bond donors (Lipinski definition) is 0. The maximum Gasteiger partial charge on any atom is 0.0824 e. The highest BCUT2D eigenvalue weighted by atomic mass is 15.4. The first-order chi connectivity index (χ1) is 8.22. The lowest BCUT2D eigenvalue weighted by Crippen LogP contribution is -2.43. The molecule has 17 heavy (non-hydrogen) atoms. The van der Waals surface area contributed by atoms with Gasteiger partial charge in [0, 0.05) is 11.8 Å². The second-order valence-electron chi connectivity index (χ2n) is 7.04. The Balaban J connectivity index is 1.54. The Kier molecular flexibility index (Phi) is 3.06. The first-order valence-corrected chi connectivity index (χ1v) is 7.74. The van der Waals surface area contributed by atoms with Crippen molar-refractivity contribution < 1.29 is 4.48 Å². The summed E-state index contributed by atoms with van der Waals surface area (Å²) < 4.78 is 1.38. The number of unbranched alkanes of at least 4 members (excludes halogenated alkanes) is 3. The van der Waals surface area contributed by atoms with E-state index in [1.165, 1.54) is 56.2 Å². The summed E-state index contributed by atoms with van der Waals surface area (Å²) in [5.74, 6) is 4.00. The predicted molar refractivity (Wildman–Crippen MR) is 72.6 cm³/mol. The monoisotopic (exact) mass is 234 g/mol. The van der Waals surface area contributed by atoms with Gasteiger partial charge in [-0.3, -0.25) is 0 Å². The average Bonchev–Trinajstić information content (AvgIpc) is 2.95. The zero-order valence-electron chi connectivity index (χ0n) is 11.6. The van der Waals surface area contributed by atoms with Crippen LogP contribution in [0.5, 0.6) is 0 Å². The Hall–Kier alpha value is -0.300. The van der Waals surface area contributed by atoms with E-state index in [0.717, 1.165) is 23.7 Å². The molecule has 1 aliphatic heterocycles. The van der Waals surface area contributed by atoms with Gasteiger partial charge < -0.3 is 4.48 Å². The minimum Gasteiger partial charge on any atom is -0.326 e. The predicted octanol–water partition coefficient (Wildman–Crippen LogP) is 3.47. The average molecular weight is 234 g/mol. The van der Waals surface area contributed by atoms with E-state index in [2.05, 4.69) is 26.1 Å². The van der Waals surface area contributed by atoms with Crippen molar-refractivity contribution in [3.63, 3.8) is 0 Å². The number of nitrogens with zero attached hydrogens (tertiary/aromatic N) is 1. The third-order valence-corrected chi connectivity index (χ3v) is 5.65. The zero-order valence-corrected chi connectivity index (χ0v) is 11.6. The summed E-state index contributed by atoms with van der Waals surface area (Å²) in [6, 6.07) is 0. The minimum absolute atomic E-state index is 0.959. The Morgan fingerprint density at radius 2 is 1.65 bits per heavy atom. The number of allylic oxidation sites excluding steroid dienone is 2. The Morgan fingerprint density at radius 1 is 1.00 bits per heavy atom. The van der Waals surface area contributed by atoms with E-state index in [-0.39, 0.29) is 0 Å². The molecule has 2 aliphatic carbocycles. The molecule has 1 nitrogen and oxygen atoms in total. The third-order valence-electron chi connectivity index (χ3n) is 5.65. The van der Waals surface area contributed by atoms with Gasteiger partial charge in [-0.15, -0.1) is 0 Å². The lowest BCUT2D eigenvalue weighted by atomic mass is 9.86. The molecule has 0 spiro atoms. The Morgan fingerprint density at radius 3 is 2.24 bits per heavy atom. The van der Waals surface area contributed by atoms with Gasteiger partial charge in [0.2, 0.25) is 0 Å². The molecular formula is C16H28N+. The second-order valence-corrected chi connectivity index (χ2v) is 7.04. The van der Waals surface area contributed by atoms with Crippen molar-refractivity contribution in [2.75, 3.05) is 26.7 Å². The normalized spacial score (nSPS) is 46.7. The molecule has 1 saturated carbocycles. The summed E-state index contributed by atoms with van der Waals surface area (Å²) in [6.45, 7) is 6.69. The van der Waals surface area contributed by atoms with Crippen molar-refractivity contribution >= 4 is 0 Å². The summed E-state index contributed by atoms with van der Waals surface area (Å²) in [5.41, 5.74) is 0. The van der Waals surface area contributed by atoms with Crippen molar-refractivity contribution in [3.05, 3.63) is 12.2 Å². The van der Waals surface area contributed by atoms with Crippen molar-refractivity contribution in [3.8, 4) is 0 Å². The second kappa shape index (κ2) is 4.42. The Bertz CT molecular complexity index is 287. The highest BCUT2D eigenvalue weighted by molar-refractivity contribution is 5.14. The molecule has 1 unspecified atom stereocenters. The topological polar surface area (TPSA) is 0 Å². The molecule has 2 fully saturated rings. The third kappa shape index (κ3) is 2.07. The van der Waals surface area contributed by atoms with E-state index in [1.807, 2.05) is 0 Å². The van der Waals surface area contributed by atoms with Gasteiger partial charge in [-0.25, -0.2) is 0 Å². The van der Waals surface area contributed by atoms with Crippen LogP contribution in [-0.4, -0.2) is 31.2 Å². The molecule has 0 aromatic carbocycles. The number of likely N-dealkylation sites (tertiary alicyclic amines) is 1.